The first kappa shape index (κ1) is 18.9. The molecule has 23 heavy (non-hydrogen) atoms. The molecule has 0 spiro atoms. The van der Waals surface area contributed by atoms with E-state index in [0.717, 1.165) is 0 Å². The third kappa shape index (κ3) is 6.25. The van der Waals surface area contributed by atoms with E-state index in [4.69, 9.17) is 9.47 Å². The monoisotopic (exact) mass is 338 g/mol. The number of rotatable bonds is 8. The highest BCUT2D eigenvalue weighted by molar-refractivity contribution is 5.69. The fraction of sp³-hybridized carbons (Fsp3) is 0.400. The van der Waals surface area contributed by atoms with E-state index in [9.17, 15) is 26.7 Å². The van der Waals surface area contributed by atoms with Crippen molar-refractivity contribution in [2.24, 2.45) is 0 Å². The molecular formula is C15H15F5O3. The zero-order chi connectivity index (χ0) is 17.4. The molecule has 0 atom stereocenters. The molecule has 0 unspecified atom stereocenters. The molecule has 0 aromatic heterocycles. The van der Waals surface area contributed by atoms with Gasteiger partial charge >= 0.3 is 5.97 Å². The van der Waals surface area contributed by atoms with E-state index in [1.165, 1.54) is 6.92 Å². The fourth-order valence-electron chi connectivity index (χ4n) is 1.60. The lowest BCUT2D eigenvalue weighted by Gasteiger charge is -2.09. The van der Waals surface area contributed by atoms with Gasteiger partial charge in [0.15, 0.2) is 17.4 Å². The van der Waals surface area contributed by atoms with Crippen molar-refractivity contribution >= 4 is 5.97 Å². The van der Waals surface area contributed by atoms with E-state index in [2.05, 4.69) is 0 Å². The van der Waals surface area contributed by atoms with Crippen molar-refractivity contribution in [2.75, 3.05) is 13.2 Å². The molecule has 0 aliphatic carbocycles. The molecule has 128 valence electrons. The van der Waals surface area contributed by atoms with Gasteiger partial charge in [-0.3, -0.25) is 4.79 Å². The first-order valence-corrected chi connectivity index (χ1v) is 6.75. The Hall–Kier alpha value is -2.12. The average Bonchev–Trinajstić information content (AvgIpc) is 2.50. The Kier molecular flexibility index (Phi) is 7.50. The number of benzene rings is 1. The molecule has 0 bridgehead atoms. The van der Waals surface area contributed by atoms with Crippen LogP contribution in [0.15, 0.2) is 23.8 Å². The van der Waals surface area contributed by atoms with Crippen molar-refractivity contribution in [1.82, 2.24) is 0 Å². The average molecular weight is 338 g/mol. The van der Waals surface area contributed by atoms with Gasteiger partial charge in [0.25, 0.3) is 6.08 Å². The highest BCUT2D eigenvalue weighted by atomic mass is 19.3. The maximum atomic E-state index is 13.2. The zero-order valence-corrected chi connectivity index (χ0v) is 12.3. The molecule has 0 heterocycles. The standard InChI is InChI=1S/C15H15F5O3/c1-9(15(19)20)3-2-4-12(21)22-7-8-23-14-11(17)6-5-10(16)13(14)18/h5-6H,2-4,7-8H2,1H3. The Morgan fingerprint density at radius 3 is 2.35 bits per heavy atom. The van der Waals surface area contributed by atoms with E-state index >= 15 is 0 Å². The summed E-state index contributed by atoms with van der Waals surface area (Å²) in [5, 5.41) is 0. The normalized spacial score (nSPS) is 10.3. The van der Waals surface area contributed by atoms with Gasteiger partial charge in [-0.05, 0) is 37.5 Å². The highest BCUT2D eigenvalue weighted by Gasteiger charge is 2.15. The minimum Gasteiger partial charge on any atom is -0.484 e. The molecule has 1 rings (SSSR count). The summed E-state index contributed by atoms with van der Waals surface area (Å²) in [7, 11) is 0. The van der Waals surface area contributed by atoms with E-state index in [0.29, 0.717) is 12.1 Å². The lowest BCUT2D eigenvalue weighted by atomic mass is 10.1. The number of esters is 1. The summed E-state index contributed by atoms with van der Waals surface area (Å²) in [6.07, 6.45) is -1.59. The zero-order valence-electron chi connectivity index (χ0n) is 12.3. The summed E-state index contributed by atoms with van der Waals surface area (Å²) in [4.78, 5) is 11.3. The van der Waals surface area contributed by atoms with E-state index < -0.39 is 35.3 Å². The van der Waals surface area contributed by atoms with Crippen LogP contribution in [0, 0.1) is 17.5 Å². The van der Waals surface area contributed by atoms with Crippen LogP contribution in [0.25, 0.3) is 0 Å². The third-order valence-electron chi connectivity index (χ3n) is 2.85. The van der Waals surface area contributed by atoms with Crippen LogP contribution in [0.1, 0.15) is 26.2 Å². The van der Waals surface area contributed by atoms with Gasteiger partial charge in [-0.1, -0.05) is 0 Å². The van der Waals surface area contributed by atoms with Crippen molar-refractivity contribution in [3.8, 4) is 5.75 Å². The predicted molar refractivity (Wildman–Crippen MR) is 71.5 cm³/mol. The van der Waals surface area contributed by atoms with Gasteiger partial charge in [0.05, 0.1) is 0 Å². The van der Waals surface area contributed by atoms with Crippen LogP contribution in [0.3, 0.4) is 0 Å². The highest BCUT2D eigenvalue weighted by Crippen LogP contribution is 2.23. The first-order chi connectivity index (χ1) is 10.8. The minimum absolute atomic E-state index is 0.0631. The summed E-state index contributed by atoms with van der Waals surface area (Å²) in [6.45, 7) is 0.582. The number of carbonyl (C=O) groups excluding carboxylic acids is 1. The number of hydrogen-bond donors (Lipinski definition) is 0. The smallest absolute Gasteiger partial charge is 0.305 e. The molecule has 0 radical (unpaired) electrons. The Morgan fingerprint density at radius 2 is 1.70 bits per heavy atom. The van der Waals surface area contributed by atoms with Gasteiger partial charge < -0.3 is 9.47 Å². The topological polar surface area (TPSA) is 35.5 Å². The van der Waals surface area contributed by atoms with Gasteiger partial charge in [0, 0.05) is 6.42 Å². The van der Waals surface area contributed by atoms with E-state index in [1.807, 2.05) is 0 Å². The van der Waals surface area contributed by atoms with Crippen molar-refractivity contribution in [1.29, 1.82) is 0 Å². The van der Waals surface area contributed by atoms with Gasteiger partial charge in [-0.2, -0.15) is 13.2 Å². The number of carbonyl (C=O) groups is 1. The Balaban J connectivity index is 2.29. The van der Waals surface area contributed by atoms with E-state index in [1.54, 1.807) is 0 Å². The molecular weight excluding hydrogens is 323 g/mol. The quantitative estimate of drug-likeness (QED) is 0.306. The Bertz CT molecular complexity index is 583. The molecule has 8 heteroatoms. The predicted octanol–water partition coefficient (Wildman–Crippen LogP) is 4.37. The van der Waals surface area contributed by atoms with Gasteiger partial charge in [0.1, 0.15) is 13.2 Å². The second-order valence-electron chi connectivity index (χ2n) is 4.64. The molecule has 0 N–H and O–H groups in total. The largest absolute Gasteiger partial charge is 0.484 e. The third-order valence-corrected chi connectivity index (χ3v) is 2.85. The van der Waals surface area contributed by atoms with Crippen LogP contribution in [0.5, 0.6) is 5.75 Å². The molecule has 0 saturated carbocycles. The Labute approximate surface area is 129 Å². The molecule has 1 aromatic rings. The van der Waals surface area contributed by atoms with Crippen LogP contribution >= 0.6 is 0 Å². The maximum Gasteiger partial charge on any atom is 0.305 e. The van der Waals surface area contributed by atoms with Crippen LogP contribution in [0.4, 0.5) is 22.0 Å². The van der Waals surface area contributed by atoms with Crippen LogP contribution < -0.4 is 4.74 Å². The van der Waals surface area contributed by atoms with Crippen LogP contribution in [0.2, 0.25) is 0 Å². The maximum absolute atomic E-state index is 13.2. The van der Waals surface area contributed by atoms with Crippen molar-refractivity contribution in [3.63, 3.8) is 0 Å². The van der Waals surface area contributed by atoms with Crippen molar-refractivity contribution < 1.29 is 36.2 Å². The lowest BCUT2D eigenvalue weighted by Crippen LogP contribution is -2.13. The molecule has 0 amide bonds. The molecule has 0 aliphatic heterocycles. The Morgan fingerprint density at radius 1 is 1.04 bits per heavy atom. The summed E-state index contributed by atoms with van der Waals surface area (Å²) < 4.78 is 73.0. The second-order valence-corrected chi connectivity index (χ2v) is 4.64. The van der Waals surface area contributed by atoms with Crippen molar-refractivity contribution in [2.45, 2.75) is 26.2 Å². The summed E-state index contributed by atoms with van der Waals surface area (Å²) in [5.74, 6) is -5.35. The molecule has 1 aromatic carbocycles. The number of hydrogen-bond acceptors (Lipinski definition) is 3. The number of allylic oxidation sites excluding steroid dienone is 1. The van der Waals surface area contributed by atoms with Gasteiger partial charge in [-0.15, -0.1) is 0 Å². The van der Waals surface area contributed by atoms with Crippen molar-refractivity contribution in [3.05, 3.63) is 41.2 Å². The molecule has 0 aliphatic rings. The molecule has 3 nitrogen and oxygen atoms in total. The van der Waals surface area contributed by atoms with Gasteiger partial charge in [0.2, 0.25) is 5.82 Å². The summed E-state index contributed by atoms with van der Waals surface area (Å²) in [6, 6.07) is 1.33. The van der Waals surface area contributed by atoms with Gasteiger partial charge in [-0.25, -0.2) is 8.78 Å². The fourth-order valence-corrected chi connectivity index (χ4v) is 1.60. The minimum atomic E-state index is -1.77. The molecule has 0 saturated heterocycles. The number of halogens is 5. The van der Waals surface area contributed by atoms with Crippen LogP contribution in [-0.4, -0.2) is 19.2 Å². The summed E-state index contributed by atoms with van der Waals surface area (Å²) >= 11 is 0. The number of ether oxygens (including phenoxy) is 2. The van der Waals surface area contributed by atoms with E-state index in [-0.39, 0.29) is 38.0 Å². The molecule has 0 fully saturated rings. The SMILES string of the molecule is CC(CCCC(=O)OCCOc1c(F)ccc(F)c1F)=C(F)F. The lowest BCUT2D eigenvalue weighted by molar-refractivity contribution is -0.144. The summed E-state index contributed by atoms with van der Waals surface area (Å²) in [5.41, 5.74) is -0.0989. The second kappa shape index (κ2) is 9.12. The van der Waals surface area contributed by atoms with Crippen LogP contribution in [-0.2, 0) is 9.53 Å². The first-order valence-electron chi connectivity index (χ1n) is 6.75.